The number of primary amides is 1. The minimum Gasteiger partial charge on any atom is -0.368 e. The van der Waals surface area contributed by atoms with Gasteiger partial charge in [0.1, 0.15) is 11.9 Å². The second-order valence-corrected chi connectivity index (χ2v) is 4.24. The molecule has 0 saturated carbocycles. The Labute approximate surface area is 98.8 Å². The Bertz CT molecular complexity index is 396. The Hall–Kier alpha value is -1.13. The summed E-state index contributed by atoms with van der Waals surface area (Å²) in [5.74, 6) is -1.03. The van der Waals surface area contributed by atoms with Crippen LogP contribution in [-0.2, 0) is 4.79 Å². The molecule has 1 aromatic rings. The fraction of sp³-hybridized carbons (Fsp3) is 0.364. The summed E-state index contributed by atoms with van der Waals surface area (Å²) in [5, 5.41) is 2.97. The molecule has 1 amide bonds. The minimum atomic E-state index is -0.655. The molecule has 3 N–H and O–H groups in total. The first-order chi connectivity index (χ1) is 7.41. The van der Waals surface area contributed by atoms with Crippen molar-refractivity contribution >= 4 is 17.5 Å². The molecule has 0 aliphatic rings. The summed E-state index contributed by atoms with van der Waals surface area (Å²) < 4.78 is 13.0. The van der Waals surface area contributed by atoms with Crippen LogP contribution in [0.15, 0.2) is 18.2 Å². The molecule has 0 spiro atoms. The molecule has 0 aliphatic carbocycles. The van der Waals surface area contributed by atoms with Gasteiger partial charge in [-0.1, -0.05) is 17.7 Å². The van der Waals surface area contributed by atoms with E-state index in [0.717, 1.165) is 0 Å². The number of hydrogen-bond acceptors (Lipinski definition) is 2. The van der Waals surface area contributed by atoms with Crippen LogP contribution >= 0.6 is 11.6 Å². The van der Waals surface area contributed by atoms with Gasteiger partial charge in [0.25, 0.3) is 0 Å². The van der Waals surface area contributed by atoms with Gasteiger partial charge in [0.05, 0.1) is 5.02 Å². The molecule has 0 fully saturated rings. The molecular weight excluding hydrogens is 231 g/mol. The molecule has 5 heteroatoms. The summed E-state index contributed by atoms with van der Waals surface area (Å²) in [5.41, 5.74) is 5.83. The highest BCUT2D eigenvalue weighted by Gasteiger charge is 2.19. The number of nitrogens with two attached hydrogens (primary N) is 1. The normalized spacial score (nSPS) is 12.8. The van der Waals surface area contributed by atoms with Gasteiger partial charge in [-0.25, -0.2) is 4.39 Å². The second-order valence-electron chi connectivity index (χ2n) is 3.83. The van der Waals surface area contributed by atoms with Crippen LogP contribution < -0.4 is 11.1 Å². The molecule has 0 radical (unpaired) electrons. The quantitative estimate of drug-likeness (QED) is 0.851. The van der Waals surface area contributed by atoms with Gasteiger partial charge in [-0.2, -0.15) is 0 Å². The van der Waals surface area contributed by atoms with Gasteiger partial charge in [0, 0.05) is 6.04 Å². The molecule has 3 nitrogen and oxygen atoms in total. The summed E-state index contributed by atoms with van der Waals surface area (Å²) in [6, 6.07) is 3.54. The van der Waals surface area contributed by atoms with Crippen molar-refractivity contribution in [2.24, 2.45) is 5.73 Å². The van der Waals surface area contributed by atoms with E-state index in [1.807, 2.05) is 13.8 Å². The standard InChI is InChI=1S/C11H14ClFN2O/c1-6(2)15-10(11(14)16)7-3-4-9(13)8(12)5-7/h3-6,10,15H,1-2H3,(H2,14,16). The Kier molecular flexibility index (Phi) is 4.26. The smallest absolute Gasteiger partial charge is 0.239 e. The lowest BCUT2D eigenvalue weighted by atomic mass is 10.1. The number of rotatable bonds is 4. The molecule has 0 aromatic heterocycles. The summed E-state index contributed by atoms with van der Waals surface area (Å²) >= 11 is 5.64. The highest BCUT2D eigenvalue weighted by molar-refractivity contribution is 6.30. The lowest BCUT2D eigenvalue weighted by Gasteiger charge is -2.18. The molecule has 1 rings (SSSR count). The van der Waals surface area contributed by atoms with Gasteiger partial charge in [0.15, 0.2) is 0 Å². The van der Waals surface area contributed by atoms with Crippen molar-refractivity contribution in [1.82, 2.24) is 5.32 Å². The number of carbonyl (C=O) groups is 1. The molecule has 0 aliphatic heterocycles. The van der Waals surface area contributed by atoms with Crippen LogP contribution in [0.3, 0.4) is 0 Å². The van der Waals surface area contributed by atoms with E-state index >= 15 is 0 Å². The van der Waals surface area contributed by atoms with Crippen molar-refractivity contribution in [2.45, 2.75) is 25.9 Å². The van der Waals surface area contributed by atoms with Crippen molar-refractivity contribution in [3.63, 3.8) is 0 Å². The predicted molar refractivity (Wildman–Crippen MR) is 61.6 cm³/mol. The van der Waals surface area contributed by atoms with E-state index in [0.29, 0.717) is 5.56 Å². The molecule has 0 saturated heterocycles. The number of nitrogens with one attached hydrogen (secondary N) is 1. The second kappa shape index (κ2) is 5.27. The summed E-state index contributed by atoms with van der Waals surface area (Å²) in [6.45, 7) is 3.78. The zero-order valence-corrected chi connectivity index (χ0v) is 9.88. The third kappa shape index (κ3) is 3.18. The van der Waals surface area contributed by atoms with Crippen LogP contribution in [0.5, 0.6) is 0 Å². The van der Waals surface area contributed by atoms with Crippen molar-refractivity contribution < 1.29 is 9.18 Å². The fourth-order valence-electron chi connectivity index (χ4n) is 1.37. The van der Waals surface area contributed by atoms with E-state index in [2.05, 4.69) is 5.32 Å². The van der Waals surface area contributed by atoms with Crippen LogP contribution in [0.1, 0.15) is 25.5 Å². The highest BCUT2D eigenvalue weighted by Crippen LogP contribution is 2.21. The van der Waals surface area contributed by atoms with Crippen LogP contribution in [0, 0.1) is 5.82 Å². The molecule has 1 unspecified atom stereocenters. The zero-order chi connectivity index (χ0) is 12.3. The minimum absolute atomic E-state index is 0.0192. The molecule has 1 aromatic carbocycles. The molecule has 88 valence electrons. The van der Waals surface area contributed by atoms with Crippen LogP contribution in [0.2, 0.25) is 5.02 Å². The molecule has 16 heavy (non-hydrogen) atoms. The van der Waals surface area contributed by atoms with Gasteiger partial charge < -0.3 is 5.73 Å². The lowest BCUT2D eigenvalue weighted by molar-refractivity contribution is -0.120. The topological polar surface area (TPSA) is 55.1 Å². The highest BCUT2D eigenvalue weighted by atomic mass is 35.5. The Morgan fingerprint density at radius 3 is 2.56 bits per heavy atom. The first kappa shape index (κ1) is 12.9. The van der Waals surface area contributed by atoms with Crippen molar-refractivity contribution in [1.29, 1.82) is 0 Å². The Morgan fingerprint density at radius 1 is 1.50 bits per heavy atom. The maximum Gasteiger partial charge on any atom is 0.239 e. The van der Waals surface area contributed by atoms with Gasteiger partial charge in [-0.3, -0.25) is 10.1 Å². The fourth-order valence-corrected chi connectivity index (χ4v) is 1.56. The monoisotopic (exact) mass is 244 g/mol. The zero-order valence-electron chi connectivity index (χ0n) is 9.13. The van der Waals surface area contributed by atoms with E-state index in [-0.39, 0.29) is 11.1 Å². The van der Waals surface area contributed by atoms with Crippen LogP contribution in [0.4, 0.5) is 4.39 Å². The van der Waals surface area contributed by atoms with Crippen molar-refractivity contribution in [3.05, 3.63) is 34.6 Å². The van der Waals surface area contributed by atoms with E-state index in [1.165, 1.54) is 18.2 Å². The molecule has 0 bridgehead atoms. The number of benzene rings is 1. The molecular formula is C11H14ClFN2O. The van der Waals surface area contributed by atoms with Gasteiger partial charge in [-0.05, 0) is 31.5 Å². The van der Waals surface area contributed by atoms with Gasteiger partial charge in [0.2, 0.25) is 5.91 Å². The SMILES string of the molecule is CC(C)NC(C(N)=O)c1ccc(F)c(Cl)c1. The van der Waals surface area contributed by atoms with Crippen LogP contribution in [-0.4, -0.2) is 11.9 Å². The van der Waals surface area contributed by atoms with E-state index < -0.39 is 17.8 Å². The number of halogens is 2. The first-order valence-electron chi connectivity index (χ1n) is 4.92. The van der Waals surface area contributed by atoms with Crippen molar-refractivity contribution in [2.75, 3.05) is 0 Å². The Morgan fingerprint density at radius 2 is 2.12 bits per heavy atom. The van der Waals surface area contributed by atoms with Crippen LogP contribution in [0.25, 0.3) is 0 Å². The average molecular weight is 245 g/mol. The number of hydrogen-bond donors (Lipinski definition) is 2. The Balaban J connectivity index is 3.01. The maximum absolute atomic E-state index is 13.0. The average Bonchev–Trinajstić information content (AvgIpc) is 2.18. The number of amides is 1. The number of carbonyl (C=O) groups excluding carboxylic acids is 1. The third-order valence-electron chi connectivity index (χ3n) is 2.06. The van der Waals surface area contributed by atoms with Gasteiger partial charge in [-0.15, -0.1) is 0 Å². The van der Waals surface area contributed by atoms with E-state index in [9.17, 15) is 9.18 Å². The molecule has 1 atom stereocenters. The third-order valence-corrected chi connectivity index (χ3v) is 2.35. The van der Waals surface area contributed by atoms with E-state index in [4.69, 9.17) is 17.3 Å². The maximum atomic E-state index is 13.0. The first-order valence-corrected chi connectivity index (χ1v) is 5.30. The van der Waals surface area contributed by atoms with Crippen molar-refractivity contribution in [3.8, 4) is 0 Å². The summed E-state index contributed by atoms with van der Waals surface area (Å²) in [4.78, 5) is 11.3. The largest absolute Gasteiger partial charge is 0.368 e. The molecule has 0 heterocycles. The van der Waals surface area contributed by atoms with Gasteiger partial charge >= 0.3 is 0 Å². The summed E-state index contributed by atoms with van der Waals surface area (Å²) in [7, 11) is 0. The predicted octanol–water partition coefficient (Wildman–Crippen LogP) is 2.00. The summed E-state index contributed by atoms with van der Waals surface area (Å²) in [6.07, 6.45) is 0. The lowest BCUT2D eigenvalue weighted by Crippen LogP contribution is -2.37. The van der Waals surface area contributed by atoms with E-state index in [1.54, 1.807) is 0 Å².